The molecular formula is C7H3Cl3N4. The second-order valence-electron chi connectivity index (χ2n) is 2.41. The molecule has 0 aliphatic carbocycles. The smallest absolute Gasteiger partial charge is 0.166 e. The minimum atomic E-state index is 0.225. The van der Waals surface area contributed by atoms with Gasteiger partial charge < -0.3 is 0 Å². The lowest BCUT2D eigenvalue weighted by Gasteiger charge is -2.00. The van der Waals surface area contributed by atoms with E-state index in [4.69, 9.17) is 34.8 Å². The molecular weight excluding hydrogens is 246 g/mol. The van der Waals surface area contributed by atoms with Gasteiger partial charge in [0.2, 0.25) is 0 Å². The molecule has 2 heterocycles. The van der Waals surface area contributed by atoms with E-state index in [1.807, 2.05) is 0 Å². The van der Waals surface area contributed by atoms with Crippen LogP contribution in [0.15, 0.2) is 18.5 Å². The number of hydrogen-bond donors (Lipinski definition) is 0. The second kappa shape index (κ2) is 3.73. The molecule has 0 bridgehead atoms. The Labute approximate surface area is 94.4 Å². The third-order valence-corrected chi connectivity index (χ3v) is 2.47. The van der Waals surface area contributed by atoms with E-state index in [0.717, 1.165) is 0 Å². The lowest BCUT2D eigenvalue weighted by molar-refractivity contribution is 0.913. The van der Waals surface area contributed by atoms with E-state index in [-0.39, 0.29) is 5.15 Å². The highest BCUT2D eigenvalue weighted by Gasteiger charge is 2.08. The zero-order valence-electron chi connectivity index (χ0n) is 6.65. The van der Waals surface area contributed by atoms with Gasteiger partial charge in [0.25, 0.3) is 0 Å². The molecule has 0 atom stereocenters. The van der Waals surface area contributed by atoms with Crippen LogP contribution >= 0.6 is 34.8 Å². The Morgan fingerprint density at radius 2 is 1.86 bits per heavy atom. The Morgan fingerprint density at radius 3 is 2.36 bits per heavy atom. The summed E-state index contributed by atoms with van der Waals surface area (Å²) in [6.07, 6.45) is 1.46. The molecule has 0 amide bonds. The molecule has 72 valence electrons. The first-order chi connectivity index (χ1) is 6.68. The van der Waals surface area contributed by atoms with Crippen molar-refractivity contribution in [1.82, 2.24) is 19.7 Å². The van der Waals surface area contributed by atoms with E-state index in [9.17, 15) is 0 Å². The summed E-state index contributed by atoms with van der Waals surface area (Å²) >= 11 is 17.1. The van der Waals surface area contributed by atoms with Gasteiger partial charge in [0.1, 0.15) is 6.33 Å². The van der Waals surface area contributed by atoms with Crippen molar-refractivity contribution < 1.29 is 0 Å². The third-order valence-electron chi connectivity index (χ3n) is 1.53. The minimum absolute atomic E-state index is 0.225. The molecule has 2 aromatic rings. The average Bonchev–Trinajstić information content (AvgIpc) is 2.50. The molecule has 0 N–H and O–H groups in total. The quantitative estimate of drug-likeness (QED) is 0.780. The fourth-order valence-electron chi connectivity index (χ4n) is 0.909. The average molecular weight is 249 g/mol. The fraction of sp³-hybridized carbons (Fsp3) is 0. The van der Waals surface area contributed by atoms with Gasteiger partial charge in [-0.05, 0) is 12.1 Å². The van der Waals surface area contributed by atoms with Gasteiger partial charge in [0, 0.05) is 0 Å². The van der Waals surface area contributed by atoms with Crippen LogP contribution in [-0.4, -0.2) is 19.7 Å². The minimum Gasteiger partial charge on any atom is -0.271 e. The number of imidazole rings is 1. The number of nitrogens with zero attached hydrogens (tertiary/aromatic N) is 4. The van der Waals surface area contributed by atoms with Crippen LogP contribution in [-0.2, 0) is 0 Å². The SMILES string of the molecule is Clc1ccc(-n2cnc(Cl)c2Cl)nn1. The molecule has 0 radical (unpaired) electrons. The topological polar surface area (TPSA) is 43.6 Å². The molecule has 4 nitrogen and oxygen atoms in total. The third kappa shape index (κ3) is 1.68. The summed E-state index contributed by atoms with van der Waals surface area (Å²) in [4.78, 5) is 3.81. The molecule has 0 saturated heterocycles. The maximum absolute atomic E-state index is 5.85. The Hall–Kier alpha value is -0.840. The fourth-order valence-corrected chi connectivity index (χ4v) is 1.32. The molecule has 0 aromatic carbocycles. The van der Waals surface area contributed by atoms with Gasteiger partial charge in [-0.3, -0.25) is 4.57 Å². The van der Waals surface area contributed by atoms with Gasteiger partial charge in [-0.25, -0.2) is 4.98 Å². The molecule has 7 heteroatoms. The first kappa shape index (κ1) is 9.71. The molecule has 0 aliphatic rings. The molecule has 2 aromatic heterocycles. The zero-order valence-corrected chi connectivity index (χ0v) is 8.92. The van der Waals surface area contributed by atoms with E-state index < -0.39 is 0 Å². The molecule has 0 aliphatic heterocycles. The van der Waals surface area contributed by atoms with Crippen molar-refractivity contribution in [2.75, 3.05) is 0 Å². The van der Waals surface area contributed by atoms with Gasteiger partial charge in [-0.2, -0.15) is 0 Å². The van der Waals surface area contributed by atoms with Crippen molar-refractivity contribution in [1.29, 1.82) is 0 Å². The first-order valence-electron chi connectivity index (χ1n) is 3.56. The summed E-state index contributed by atoms with van der Waals surface area (Å²) in [6, 6.07) is 3.27. The molecule has 0 unspecified atom stereocenters. The van der Waals surface area contributed by atoms with E-state index in [0.29, 0.717) is 16.1 Å². The van der Waals surface area contributed by atoms with Crippen molar-refractivity contribution in [3.8, 4) is 5.82 Å². The zero-order chi connectivity index (χ0) is 10.1. The largest absolute Gasteiger partial charge is 0.271 e. The molecule has 2 rings (SSSR count). The van der Waals surface area contributed by atoms with Crippen LogP contribution in [0.25, 0.3) is 5.82 Å². The number of hydrogen-bond acceptors (Lipinski definition) is 3. The monoisotopic (exact) mass is 248 g/mol. The summed E-state index contributed by atoms with van der Waals surface area (Å²) in [5.41, 5.74) is 0. The van der Waals surface area contributed by atoms with E-state index >= 15 is 0 Å². The molecule has 0 spiro atoms. The standard InChI is InChI=1S/C7H3Cl3N4/c8-4-1-2-5(13-12-4)14-3-11-6(9)7(14)10/h1-3H. The van der Waals surface area contributed by atoms with Crippen LogP contribution in [0.1, 0.15) is 0 Å². The Kier molecular flexibility index (Phi) is 2.58. The van der Waals surface area contributed by atoms with Crippen molar-refractivity contribution in [2.45, 2.75) is 0 Å². The highest BCUT2D eigenvalue weighted by Crippen LogP contribution is 2.22. The maximum Gasteiger partial charge on any atom is 0.166 e. The Bertz CT molecular complexity index is 450. The lowest BCUT2D eigenvalue weighted by Crippen LogP contribution is -1.97. The summed E-state index contributed by atoms with van der Waals surface area (Å²) in [7, 11) is 0. The summed E-state index contributed by atoms with van der Waals surface area (Å²) < 4.78 is 1.51. The molecule has 0 fully saturated rings. The highest BCUT2D eigenvalue weighted by molar-refractivity contribution is 6.40. The van der Waals surface area contributed by atoms with Gasteiger partial charge in [0.05, 0.1) is 0 Å². The maximum atomic E-state index is 5.85. The summed E-state index contributed by atoms with van der Waals surface area (Å²) in [6.45, 7) is 0. The van der Waals surface area contributed by atoms with Gasteiger partial charge in [-0.1, -0.05) is 34.8 Å². The van der Waals surface area contributed by atoms with Crippen molar-refractivity contribution in [3.63, 3.8) is 0 Å². The summed E-state index contributed by atoms with van der Waals surface area (Å²) in [5, 5.41) is 8.33. The molecule has 0 saturated carbocycles. The first-order valence-corrected chi connectivity index (χ1v) is 4.70. The Balaban J connectivity index is 2.49. The summed E-state index contributed by atoms with van der Waals surface area (Å²) in [5.74, 6) is 0.513. The van der Waals surface area contributed by atoms with Crippen LogP contribution in [0.5, 0.6) is 0 Å². The van der Waals surface area contributed by atoms with Gasteiger partial charge in [-0.15, -0.1) is 10.2 Å². The van der Waals surface area contributed by atoms with Crippen LogP contribution in [0.4, 0.5) is 0 Å². The normalized spacial score (nSPS) is 10.5. The van der Waals surface area contributed by atoms with Crippen molar-refractivity contribution in [2.24, 2.45) is 0 Å². The van der Waals surface area contributed by atoms with Crippen LogP contribution < -0.4 is 0 Å². The van der Waals surface area contributed by atoms with Gasteiger partial charge in [0.15, 0.2) is 21.3 Å². The van der Waals surface area contributed by atoms with Gasteiger partial charge >= 0.3 is 0 Å². The van der Waals surface area contributed by atoms with E-state index in [1.165, 1.54) is 10.9 Å². The molecule has 14 heavy (non-hydrogen) atoms. The van der Waals surface area contributed by atoms with E-state index in [1.54, 1.807) is 12.1 Å². The number of aromatic nitrogens is 4. The van der Waals surface area contributed by atoms with Crippen LogP contribution in [0.3, 0.4) is 0 Å². The van der Waals surface area contributed by atoms with Crippen LogP contribution in [0.2, 0.25) is 15.5 Å². The number of rotatable bonds is 1. The highest BCUT2D eigenvalue weighted by atomic mass is 35.5. The Morgan fingerprint density at radius 1 is 1.07 bits per heavy atom. The van der Waals surface area contributed by atoms with Crippen molar-refractivity contribution in [3.05, 3.63) is 33.9 Å². The lowest BCUT2D eigenvalue weighted by atomic mass is 10.5. The predicted octanol–water partition coefficient (Wildman–Crippen LogP) is 2.62. The van der Waals surface area contributed by atoms with Crippen molar-refractivity contribution >= 4 is 34.8 Å². The van der Waals surface area contributed by atoms with E-state index in [2.05, 4.69) is 15.2 Å². The second-order valence-corrected chi connectivity index (χ2v) is 3.51. The van der Waals surface area contributed by atoms with Crippen LogP contribution in [0, 0.1) is 0 Å². The predicted molar refractivity (Wildman–Crippen MR) is 54.2 cm³/mol. The number of halogens is 3.